The molecule has 0 spiro atoms. The largest absolute Gasteiger partial charge is 0.524 e. The third kappa shape index (κ3) is 4.52. The van der Waals surface area contributed by atoms with Crippen LogP contribution < -0.4 is 15.6 Å². The molecule has 0 radical (unpaired) electrons. The first-order valence-corrected chi connectivity index (χ1v) is 9.33. The van der Waals surface area contributed by atoms with Crippen molar-refractivity contribution >= 4 is 36.1 Å². The topological polar surface area (TPSA) is 143 Å². The van der Waals surface area contributed by atoms with Crippen LogP contribution in [0.25, 0.3) is 11.3 Å². The quantitative estimate of drug-likeness (QED) is 0.492. The number of phosphoric acid groups is 1. The number of nitrogen functional groups attached to an aromatic ring is 1. The molecule has 0 atom stereocenters. The molecular weight excluding hydrogens is 365 g/mol. The van der Waals surface area contributed by atoms with Gasteiger partial charge in [0.25, 0.3) is 0 Å². The Bertz CT molecular complexity index is 941. The van der Waals surface area contributed by atoms with Crippen LogP contribution in [-0.4, -0.2) is 24.7 Å². The van der Waals surface area contributed by atoms with Crippen LogP contribution in [0.4, 0.5) is 16.9 Å². The van der Waals surface area contributed by atoms with E-state index in [2.05, 4.69) is 24.8 Å². The fourth-order valence-corrected chi connectivity index (χ4v) is 3.28. The number of thiazole rings is 1. The van der Waals surface area contributed by atoms with E-state index in [4.69, 9.17) is 15.5 Å². The lowest BCUT2D eigenvalue weighted by molar-refractivity contribution is 0.283. The molecule has 0 fully saturated rings. The lowest BCUT2D eigenvalue weighted by Gasteiger charge is -2.07. The number of aromatic nitrogens is 3. The predicted molar refractivity (Wildman–Crippen MR) is 94.7 cm³/mol. The maximum atomic E-state index is 10.8. The Morgan fingerprint density at radius 1 is 1.20 bits per heavy atom. The van der Waals surface area contributed by atoms with Crippen LogP contribution in [0, 0.1) is 6.92 Å². The normalized spacial score (nSPS) is 11.3. The molecule has 0 amide bonds. The SMILES string of the molecule is Cc1sc(Nc2nccc(N)n2)nc1-c1ccc(OP(=O)(O)O)cc1. The highest BCUT2D eigenvalue weighted by Crippen LogP contribution is 2.38. The molecule has 0 aliphatic rings. The van der Waals surface area contributed by atoms with Crippen LogP contribution in [0.2, 0.25) is 0 Å². The summed E-state index contributed by atoms with van der Waals surface area (Å²) in [6.07, 6.45) is 1.55. The summed E-state index contributed by atoms with van der Waals surface area (Å²) in [5.41, 5.74) is 7.14. The van der Waals surface area contributed by atoms with E-state index in [0.29, 0.717) is 16.9 Å². The van der Waals surface area contributed by atoms with E-state index in [-0.39, 0.29) is 5.75 Å². The van der Waals surface area contributed by atoms with Crippen molar-refractivity contribution in [2.24, 2.45) is 0 Å². The molecule has 0 unspecified atom stereocenters. The zero-order chi connectivity index (χ0) is 18.0. The molecule has 0 bridgehead atoms. The Balaban J connectivity index is 1.81. The third-order valence-electron chi connectivity index (χ3n) is 3.04. The van der Waals surface area contributed by atoms with Gasteiger partial charge in [0.15, 0.2) is 5.13 Å². The number of nitrogens with two attached hydrogens (primary N) is 1. The van der Waals surface area contributed by atoms with Crippen LogP contribution in [0.3, 0.4) is 0 Å². The molecule has 0 aliphatic carbocycles. The van der Waals surface area contributed by atoms with Crippen molar-refractivity contribution in [3.05, 3.63) is 41.4 Å². The van der Waals surface area contributed by atoms with Gasteiger partial charge in [0.1, 0.15) is 11.6 Å². The number of nitrogens with zero attached hydrogens (tertiary/aromatic N) is 3. The smallest absolute Gasteiger partial charge is 0.404 e. The molecule has 2 aromatic heterocycles. The fourth-order valence-electron chi connectivity index (χ4n) is 2.06. The number of phosphoric ester groups is 1. The van der Waals surface area contributed by atoms with Gasteiger partial charge in [-0.05, 0) is 37.3 Å². The minimum absolute atomic E-state index is 0.0801. The van der Waals surface area contributed by atoms with Crippen LogP contribution in [0.5, 0.6) is 5.75 Å². The summed E-state index contributed by atoms with van der Waals surface area (Å²) >= 11 is 1.43. The standard InChI is InChI=1S/C14H14N5O4PS/c1-8-12(9-2-4-10(5-3-9)23-24(20,21)22)18-14(25-8)19-13-16-7-6-11(15)17-13/h2-7H,1H3,(H2,20,21,22)(H3,15,16,17,18,19). The molecule has 0 aliphatic heterocycles. The monoisotopic (exact) mass is 379 g/mol. The van der Waals surface area contributed by atoms with Crippen LogP contribution >= 0.6 is 19.2 Å². The number of nitrogens with one attached hydrogen (secondary N) is 1. The predicted octanol–water partition coefficient (Wildman–Crippen LogP) is 2.71. The van der Waals surface area contributed by atoms with E-state index in [1.165, 1.54) is 23.5 Å². The molecular formula is C14H14N5O4PS. The van der Waals surface area contributed by atoms with Gasteiger partial charge in [-0.3, -0.25) is 15.1 Å². The summed E-state index contributed by atoms with van der Waals surface area (Å²) in [6.45, 7) is 1.92. The van der Waals surface area contributed by atoms with Crippen molar-refractivity contribution in [3.8, 4) is 17.0 Å². The van der Waals surface area contributed by atoms with Crippen LogP contribution in [-0.2, 0) is 4.57 Å². The Kier molecular flexibility index (Phi) is 4.69. The summed E-state index contributed by atoms with van der Waals surface area (Å²) < 4.78 is 15.4. The van der Waals surface area contributed by atoms with Gasteiger partial charge in [-0.15, -0.1) is 11.3 Å². The zero-order valence-electron chi connectivity index (χ0n) is 12.9. The molecule has 3 rings (SSSR count). The molecule has 130 valence electrons. The summed E-state index contributed by atoms with van der Waals surface area (Å²) in [6, 6.07) is 7.88. The van der Waals surface area contributed by atoms with Gasteiger partial charge in [-0.25, -0.2) is 14.5 Å². The van der Waals surface area contributed by atoms with Gasteiger partial charge in [-0.2, -0.15) is 4.98 Å². The van der Waals surface area contributed by atoms with Gasteiger partial charge in [-0.1, -0.05) is 0 Å². The highest BCUT2D eigenvalue weighted by Gasteiger charge is 2.16. The molecule has 3 aromatic rings. The molecule has 2 heterocycles. The molecule has 0 saturated carbocycles. The van der Waals surface area contributed by atoms with E-state index in [1.54, 1.807) is 24.4 Å². The fraction of sp³-hybridized carbons (Fsp3) is 0.0714. The molecule has 9 nitrogen and oxygen atoms in total. The highest BCUT2D eigenvalue weighted by atomic mass is 32.1. The van der Waals surface area contributed by atoms with E-state index >= 15 is 0 Å². The number of anilines is 3. The van der Waals surface area contributed by atoms with Crippen molar-refractivity contribution in [3.63, 3.8) is 0 Å². The van der Waals surface area contributed by atoms with Crippen molar-refractivity contribution in [2.45, 2.75) is 6.92 Å². The highest BCUT2D eigenvalue weighted by molar-refractivity contribution is 7.46. The minimum atomic E-state index is -4.57. The summed E-state index contributed by atoms with van der Waals surface area (Å²) in [5, 5.41) is 3.60. The Hall–Kier alpha value is -2.52. The number of hydrogen-bond donors (Lipinski definition) is 4. The van der Waals surface area contributed by atoms with Crippen molar-refractivity contribution < 1.29 is 18.9 Å². The van der Waals surface area contributed by atoms with Gasteiger partial charge in [0, 0.05) is 16.6 Å². The van der Waals surface area contributed by atoms with E-state index < -0.39 is 7.82 Å². The van der Waals surface area contributed by atoms with Gasteiger partial charge in [0.05, 0.1) is 5.69 Å². The average molecular weight is 379 g/mol. The second-order valence-corrected chi connectivity index (χ2v) is 7.33. The maximum absolute atomic E-state index is 10.8. The van der Waals surface area contributed by atoms with E-state index in [1.807, 2.05) is 6.92 Å². The lowest BCUT2D eigenvalue weighted by Crippen LogP contribution is -1.99. The first-order chi connectivity index (χ1) is 11.8. The van der Waals surface area contributed by atoms with Gasteiger partial charge < -0.3 is 10.3 Å². The molecule has 1 aromatic carbocycles. The summed E-state index contributed by atoms with van der Waals surface area (Å²) in [4.78, 5) is 31.2. The summed E-state index contributed by atoms with van der Waals surface area (Å²) in [5.74, 6) is 0.786. The van der Waals surface area contributed by atoms with Crippen LogP contribution in [0.1, 0.15) is 4.88 Å². The van der Waals surface area contributed by atoms with Crippen molar-refractivity contribution in [2.75, 3.05) is 11.1 Å². The number of rotatable bonds is 5. The van der Waals surface area contributed by atoms with Crippen molar-refractivity contribution in [1.82, 2.24) is 15.0 Å². The zero-order valence-corrected chi connectivity index (χ0v) is 14.7. The summed E-state index contributed by atoms with van der Waals surface area (Å²) in [7, 11) is -4.57. The first-order valence-electron chi connectivity index (χ1n) is 6.99. The molecule has 25 heavy (non-hydrogen) atoms. The minimum Gasteiger partial charge on any atom is -0.404 e. The lowest BCUT2D eigenvalue weighted by atomic mass is 10.1. The van der Waals surface area contributed by atoms with Crippen molar-refractivity contribution in [1.29, 1.82) is 0 Å². The number of benzene rings is 1. The van der Waals surface area contributed by atoms with Gasteiger partial charge >= 0.3 is 7.82 Å². The maximum Gasteiger partial charge on any atom is 0.524 e. The van der Waals surface area contributed by atoms with E-state index in [9.17, 15) is 4.57 Å². The van der Waals surface area contributed by atoms with Gasteiger partial charge in [0.2, 0.25) is 5.95 Å². The first kappa shape index (κ1) is 17.3. The Morgan fingerprint density at radius 2 is 1.92 bits per heavy atom. The third-order valence-corrected chi connectivity index (χ3v) is 4.38. The Labute approximate surface area is 146 Å². The van der Waals surface area contributed by atoms with E-state index in [0.717, 1.165) is 16.1 Å². The molecule has 11 heteroatoms. The second kappa shape index (κ2) is 6.77. The molecule has 5 N–H and O–H groups in total. The number of aryl methyl sites for hydroxylation is 1. The Morgan fingerprint density at radius 3 is 2.56 bits per heavy atom. The number of hydrogen-bond acceptors (Lipinski definition) is 8. The molecule has 0 saturated heterocycles. The average Bonchev–Trinajstić information content (AvgIpc) is 2.87. The van der Waals surface area contributed by atoms with Crippen LogP contribution in [0.15, 0.2) is 36.5 Å². The second-order valence-electron chi connectivity index (χ2n) is 4.96.